The predicted molar refractivity (Wildman–Crippen MR) is 81.4 cm³/mol. The van der Waals surface area contributed by atoms with Gasteiger partial charge in [0.1, 0.15) is 0 Å². The van der Waals surface area contributed by atoms with E-state index in [9.17, 15) is 4.79 Å². The molecule has 0 fully saturated rings. The third-order valence-electron chi connectivity index (χ3n) is 3.21. The number of rotatable bonds is 2. The largest absolute Gasteiger partial charge is 0.289 e. The highest BCUT2D eigenvalue weighted by molar-refractivity contribution is 6.35. The first-order valence-electron chi connectivity index (χ1n) is 6.32. The summed E-state index contributed by atoms with van der Waals surface area (Å²) in [4.78, 5) is 17.2. The van der Waals surface area contributed by atoms with Gasteiger partial charge in [-0.2, -0.15) is 0 Å². The maximum absolute atomic E-state index is 12.7. The van der Waals surface area contributed by atoms with Crippen LogP contribution in [0.25, 0.3) is 10.9 Å². The Hall–Kier alpha value is -2.19. The molecule has 2 nitrogen and oxygen atoms in total. The Kier molecular flexibility index (Phi) is 3.25. The van der Waals surface area contributed by atoms with Crippen LogP contribution >= 0.6 is 11.6 Å². The summed E-state index contributed by atoms with van der Waals surface area (Å²) in [5.74, 6) is -0.0719. The molecule has 1 aromatic heterocycles. The van der Waals surface area contributed by atoms with Gasteiger partial charge in [-0.15, -0.1) is 0 Å². The van der Waals surface area contributed by atoms with Crippen LogP contribution in [0.2, 0.25) is 5.02 Å². The van der Waals surface area contributed by atoms with Crippen molar-refractivity contribution in [3.05, 3.63) is 76.4 Å². The average molecular weight is 282 g/mol. The van der Waals surface area contributed by atoms with Crippen LogP contribution in [0.5, 0.6) is 0 Å². The first-order valence-corrected chi connectivity index (χ1v) is 6.70. The maximum atomic E-state index is 12.7. The minimum Gasteiger partial charge on any atom is -0.289 e. The highest BCUT2D eigenvalue weighted by Crippen LogP contribution is 2.24. The first-order chi connectivity index (χ1) is 9.66. The third kappa shape index (κ3) is 2.19. The molecule has 3 aromatic rings. The molecule has 0 aliphatic heterocycles. The van der Waals surface area contributed by atoms with Crippen molar-refractivity contribution in [3.8, 4) is 0 Å². The van der Waals surface area contributed by atoms with E-state index in [0.717, 1.165) is 16.6 Å². The van der Waals surface area contributed by atoms with Crippen molar-refractivity contribution in [2.75, 3.05) is 0 Å². The Morgan fingerprint density at radius 2 is 1.70 bits per heavy atom. The van der Waals surface area contributed by atoms with Gasteiger partial charge in [-0.05, 0) is 31.2 Å². The molecule has 2 aromatic carbocycles. The standard InChI is InChI=1S/C17H12ClNO/c1-11-10-14(12-6-3-5-9-16(12)19-11)17(20)13-7-2-4-8-15(13)18/h2-10H,1H3. The fourth-order valence-electron chi connectivity index (χ4n) is 2.29. The van der Waals surface area contributed by atoms with E-state index in [0.29, 0.717) is 16.1 Å². The first kappa shape index (κ1) is 12.8. The van der Waals surface area contributed by atoms with Gasteiger partial charge in [-0.3, -0.25) is 9.78 Å². The van der Waals surface area contributed by atoms with E-state index in [-0.39, 0.29) is 5.78 Å². The topological polar surface area (TPSA) is 30.0 Å². The highest BCUT2D eigenvalue weighted by atomic mass is 35.5. The molecule has 0 amide bonds. The SMILES string of the molecule is Cc1cc(C(=O)c2ccccc2Cl)c2ccccc2n1. The fraction of sp³-hybridized carbons (Fsp3) is 0.0588. The lowest BCUT2D eigenvalue weighted by molar-refractivity contribution is 0.104. The van der Waals surface area contributed by atoms with Crippen molar-refractivity contribution < 1.29 is 4.79 Å². The van der Waals surface area contributed by atoms with Gasteiger partial charge in [0.25, 0.3) is 0 Å². The zero-order chi connectivity index (χ0) is 14.1. The van der Waals surface area contributed by atoms with Crippen LogP contribution < -0.4 is 0 Å². The number of aromatic nitrogens is 1. The number of benzene rings is 2. The number of para-hydroxylation sites is 1. The average Bonchev–Trinajstić information content (AvgIpc) is 2.46. The second kappa shape index (κ2) is 5.06. The van der Waals surface area contributed by atoms with Gasteiger partial charge in [0.2, 0.25) is 0 Å². The second-order valence-electron chi connectivity index (χ2n) is 4.64. The van der Waals surface area contributed by atoms with Crippen molar-refractivity contribution in [2.45, 2.75) is 6.92 Å². The number of carbonyl (C=O) groups is 1. The zero-order valence-electron chi connectivity index (χ0n) is 10.9. The van der Waals surface area contributed by atoms with Gasteiger partial charge in [0.05, 0.1) is 10.5 Å². The van der Waals surface area contributed by atoms with Crippen LogP contribution in [0.4, 0.5) is 0 Å². The summed E-state index contributed by atoms with van der Waals surface area (Å²) in [5.41, 5.74) is 2.80. The van der Waals surface area contributed by atoms with Crippen LogP contribution in [0.3, 0.4) is 0 Å². The molecule has 0 spiro atoms. The van der Waals surface area contributed by atoms with Crippen molar-refractivity contribution in [1.82, 2.24) is 4.98 Å². The number of aryl methyl sites for hydroxylation is 1. The number of fused-ring (bicyclic) bond motifs is 1. The second-order valence-corrected chi connectivity index (χ2v) is 5.04. The van der Waals surface area contributed by atoms with Crippen LogP contribution in [0.1, 0.15) is 21.6 Å². The molecule has 1 heterocycles. The molecule has 0 saturated heterocycles. The summed E-state index contributed by atoms with van der Waals surface area (Å²) in [5, 5.41) is 1.32. The Balaban J connectivity index is 2.24. The molecule has 0 N–H and O–H groups in total. The quantitative estimate of drug-likeness (QED) is 0.651. The van der Waals surface area contributed by atoms with E-state index in [1.807, 2.05) is 49.4 Å². The van der Waals surface area contributed by atoms with Crippen molar-refractivity contribution >= 4 is 28.3 Å². The maximum Gasteiger partial charge on any atom is 0.195 e. The molecule has 3 heteroatoms. The van der Waals surface area contributed by atoms with Crippen molar-refractivity contribution in [1.29, 1.82) is 0 Å². The summed E-state index contributed by atoms with van der Waals surface area (Å²) in [6.07, 6.45) is 0. The number of carbonyl (C=O) groups excluding carboxylic acids is 1. The summed E-state index contributed by atoms with van der Waals surface area (Å²) in [7, 11) is 0. The lowest BCUT2D eigenvalue weighted by atomic mass is 9.99. The lowest BCUT2D eigenvalue weighted by Crippen LogP contribution is -2.04. The summed E-state index contributed by atoms with van der Waals surface area (Å²) < 4.78 is 0. The molecule has 3 rings (SSSR count). The number of pyridine rings is 1. The van der Waals surface area contributed by atoms with Gasteiger partial charge >= 0.3 is 0 Å². The number of ketones is 1. The molecular formula is C17H12ClNO. The van der Waals surface area contributed by atoms with Crippen LogP contribution in [0, 0.1) is 6.92 Å². The smallest absolute Gasteiger partial charge is 0.195 e. The molecule has 0 saturated carbocycles. The molecule has 0 unspecified atom stereocenters. The minimum absolute atomic E-state index is 0.0719. The normalized spacial score (nSPS) is 10.7. The van der Waals surface area contributed by atoms with Gasteiger partial charge in [-0.25, -0.2) is 0 Å². The fourth-order valence-corrected chi connectivity index (χ4v) is 2.51. The molecular weight excluding hydrogens is 270 g/mol. The molecule has 20 heavy (non-hydrogen) atoms. The molecule has 0 aliphatic carbocycles. The number of hydrogen-bond donors (Lipinski definition) is 0. The van der Waals surface area contributed by atoms with E-state index < -0.39 is 0 Å². The zero-order valence-corrected chi connectivity index (χ0v) is 11.7. The van der Waals surface area contributed by atoms with Gasteiger partial charge < -0.3 is 0 Å². The summed E-state index contributed by atoms with van der Waals surface area (Å²) in [6.45, 7) is 1.88. The van der Waals surface area contributed by atoms with E-state index in [4.69, 9.17) is 11.6 Å². The lowest BCUT2D eigenvalue weighted by Gasteiger charge is -2.08. The number of nitrogens with zero attached hydrogens (tertiary/aromatic N) is 1. The molecule has 0 bridgehead atoms. The minimum atomic E-state index is -0.0719. The summed E-state index contributed by atoms with van der Waals surface area (Å²) in [6, 6.07) is 16.6. The van der Waals surface area contributed by atoms with E-state index >= 15 is 0 Å². The Bertz CT molecular complexity index is 811. The predicted octanol–water partition coefficient (Wildman–Crippen LogP) is 4.43. The molecule has 0 atom stereocenters. The number of halogens is 1. The molecule has 0 radical (unpaired) electrons. The summed E-state index contributed by atoms with van der Waals surface area (Å²) >= 11 is 6.12. The van der Waals surface area contributed by atoms with Crippen LogP contribution in [-0.4, -0.2) is 10.8 Å². The number of hydrogen-bond acceptors (Lipinski definition) is 2. The van der Waals surface area contributed by atoms with Gasteiger partial charge in [-0.1, -0.05) is 41.9 Å². The van der Waals surface area contributed by atoms with E-state index in [1.54, 1.807) is 12.1 Å². The van der Waals surface area contributed by atoms with Crippen molar-refractivity contribution in [2.24, 2.45) is 0 Å². The van der Waals surface area contributed by atoms with Gasteiger partial charge in [0, 0.05) is 22.2 Å². The van der Waals surface area contributed by atoms with Crippen LogP contribution in [-0.2, 0) is 0 Å². The van der Waals surface area contributed by atoms with E-state index in [1.165, 1.54) is 0 Å². The molecule has 0 aliphatic rings. The third-order valence-corrected chi connectivity index (χ3v) is 3.54. The Labute approximate surface area is 122 Å². The Morgan fingerprint density at radius 1 is 1.00 bits per heavy atom. The Morgan fingerprint density at radius 3 is 2.50 bits per heavy atom. The monoisotopic (exact) mass is 281 g/mol. The highest BCUT2D eigenvalue weighted by Gasteiger charge is 2.16. The van der Waals surface area contributed by atoms with E-state index in [2.05, 4.69) is 4.98 Å². The van der Waals surface area contributed by atoms with Gasteiger partial charge in [0.15, 0.2) is 5.78 Å². The van der Waals surface area contributed by atoms with Crippen LogP contribution in [0.15, 0.2) is 54.6 Å². The van der Waals surface area contributed by atoms with Crippen molar-refractivity contribution in [3.63, 3.8) is 0 Å². The molecule has 98 valence electrons.